The van der Waals surface area contributed by atoms with Crippen LogP contribution in [0, 0.1) is 5.92 Å². The number of aromatic nitrogens is 4. The van der Waals surface area contributed by atoms with Crippen LogP contribution >= 0.6 is 0 Å². The van der Waals surface area contributed by atoms with Crippen LogP contribution in [0.15, 0.2) is 49.1 Å². The number of nitrogens with zero attached hydrogens (tertiary/aromatic N) is 6. The second-order valence-electron chi connectivity index (χ2n) is 8.38. The first-order valence-corrected chi connectivity index (χ1v) is 11.0. The smallest absolute Gasteiger partial charge is 0.346 e. The van der Waals surface area contributed by atoms with Crippen molar-refractivity contribution >= 4 is 17.8 Å². The van der Waals surface area contributed by atoms with Gasteiger partial charge in [0, 0.05) is 33.8 Å². The van der Waals surface area contributed by atoms with Gasteiger partial charge in [0.15, 0.2) is 0 Å². The molecule has 11 heteroatoms. The van der Waals surface area contributed by atoms with Gasteiger partial charge in [0.25, 0.3) is 0 Å². The van der Waals surface area contributed by atoms with Crippen LogP contribution in [0.3, 0.4) is 0 Å². The maximum absolute atomic E-state index is 13.3. The number of alkyl halides is 3. The highest BCUT2D eigenvalue weighted by molar-refractivity contribution is 5.94. The number of amides is 2. The van der Waals surface area contributed by atoms with Gasteiger partial charge in [-0.1, -0.05) is 13.8 Å². The van der Waals surface area contributed by atoms with E-state index in [4.69, 9.17) is 5.48 Å². The predicted octanol–water partition coefficient (Wildman–Crippen LogP) is 5.14. The fourth-order valence-electron chi connectivity index (χ4n) is 3.67. The molecule has 3 heterocycles. The molecule has 3 aromatic rings. The Labute approximate surface area is 207 Å². The number of rotatable bonds is 7. The van der Waals surface area contributed by atoms with Crippen LogP contribution in [0.1, 0.15) is 50.5 Å². The Morgan fingerprint density at radius 2 is 1.91 bits per heavy atom. The number of likely N-dealkylation sites (N-methyl/N-ethyl adjacent to an activating group) is 1. The van der Waals surface area contributed by atoms with Crippen LogP contribution in [0.4, 0.5) is 29.7 Å². The number of hydrogen-bond acceptors (Lipinski definition) is 5. The van der Waals surface area contributed by atoms with Gasteiger partial charge in [0.05, 0.1) is 32.4 Å². The molecule has 2 atom stereocenters. The van der Waals surface area contributed by atoms with Gasteiger partial charge in [0.2, 0.25) is 5.95 Å². The first-order chi connectivity index (χ1) is 18.0. The minimum atomic E-state index is -4.43. The Bertz CT molecular complexity index is 1340. The van der Waals surface area contributed by atoms with E-state index >= 15 is 0 Å². The van der Waals surface area contributed by atoms with E-state index in [1.54, 1.807) is 31.5 Å². The van der Waals surface area contributed by atoms with E-state index in [-0.39, 0.29) is 17.7 Å². The van der Waals surface area contributed by atoms with Gasteiger partial charge < -0.3 is 14.8 Å². The Morgan fingerprint density at radius 1 is 1.20 bits per heavy atom. The van der Waals surface area contributed by atoms with E-state index in [9.17, 15) is 18.0 Å². The third-order valence-corrected chi connectivity index (χ3v) is 5.56. The van der Waals surface area contributed by atoms with Gasteiger partial charge in [-0.05, 0) is 50.1 Å². The topological polar surface area (TPSA) is 79.2 Å². The lowest BCUT2D eigenvalue weighted by atomic mass is 10.0. The van der Waals surface area contributed by atoms with Gasteiger partial charge in [-0.3, -0.25) is 4.90 Å². The van der Waals surface area contributed by atoms with Crippen molar-refractivity contribution in [2.75, 3.05) is 23.2 Å². The minimum absolute atomic E-state index is 0.106. The molecule has 1 saturated heterocycles. The van der Waals surface area contributed by atoms with Crippen molar-refractivity contribution in [3.05, 3.63) is 60.3 Å². The molecule has 0 spiro atoms. The number of carbonyl (C=O) groups is 1. The average molecular weight is 492 g/mol. The molecule has 4 rings (SSSR count). The van der Waals surface area contributed by atoms with Crippen molar-refractivity contribution < 1.29 is 23.4 Å². The molecule has 1 aromatic carbocycles. The largest absolute Gasteiger partial charge is 0.416 e. The van der Waals surface area contributed by atoms with Crippen LogP contribution in [0.25, 0.3) is 5.69 Å². The van der Waals surface area contributed by atoms with E-state index in [0.717, 1.165) is 24.0 Å². The van der Waals surface area contributed by atoms with E-state index in [1.807, 2.05) is 0 Å². The number of carbonyl (C=O) groups excluding carboxylic acids is 1. The second kappa shape index (κ2) is 9.55. The highest BCUT2D eigenvalue weighted by atomic mass is 19.4. The highest BCUT2D eigenvalue weighted by Gasteiger charge is 2.39. The lowest BCUT2D eigenvalue weighted by molar-refractivity contribution is -0.137. The SMILES string of the molecule is [2H]C([2H])(C)N1C(=O)N(c2ccnc(N[C@@H](C)c3cn(-c4ccc(C(F)(F)F)cc4)cn3)n2)[C@@H](C(C)C)C1([2H])[2H]. The van der Waals surface area contributed by atoms with Crippen molar-refractivity contribution in [1.82, 2.24) is 24.4 Å². The zero-order valence-electron chi connectivity index (χ0n) is 23.6. The monoisotopic (exact) mass is 491 g/mol. The Morgan fingerprint density at radius 3 is 2.54 bits per heavy atom. The van der Waals surface area contributed by atoms with Crippen molar-refractivity contribution in [2.24, 2.45) is 5.92 Å². The highest BCUT2D eigenvalue weighted by Crippen LogP contribution is 2.30. The maximum Gasteiger partial charge on any atom is 0.416 e. The molecule has 0 bridgehead atoms. The number of nitrogens with one attached hydrogen (secondary N) is 1. The quantitative estimate of drug-likeness (QED) is 0.495. The summed E-state index contributed by atoms with van der Waals surface area (Å²) in [5.74, 6) is -0.136. The van der Waals surface area contributed by atoms with Crippen molar-refractivity contribution in [3.8, 4) is 5.69 Å². The van der Waals surface area contributed by atoms with Crippen LogP contribution < -0.4 is 10.2 Å². The fourth-order valence-corrected chi connectivity index (χ4v) is 3.67. The molecule has 8 nitrogen and oxygen atoms in total. The summed E-state index contributed by atoms with van der Waals surface area (Å²) < 4.78 is 73.3. The zero-order chi connectivity index (χ0) is 28.9. The molecule has 0 unspecified atom stereocenters. The lowest BCUT2D eigenvalue weighted by Gasteiger charge is -2.25. The molecule has 1 aliphatic heterocycles. The number of anilines is 2. The number of imidazole rings is 1. The molecule has 1 N–H and O–H groups in total. The standard InChI is InChI=1S/C24H28F3N7O/c1-5-32-13-20(15(2)3)34(23(32)35)21-10-11-28-22(31-21)30-16(4)19-12-33(14-29-19)18-8-6-17(7-9-18)24(25,26)27/h6-12,14-16,20H,5,13H2,1-4H3,(H,28,30,31)/t16-,20+/m0/s1/i5D2,13D2. The molecule has 186 valence electrons. The average Bonchev–Trinajstić information content (AvgIpc) is 3.39. The summed E-state index contributed by atoms with van der Waals surface area (Å²) in [6, 6.07) is 3.82. The van der Waals surface area contributed by atoms with Crippen LogP contribution in [-0.2, 0) is 6.18 Å². The molecule has 0 saturated carbocycles. The Hall–Kier alpha value is -3.63. The van der Waals surface area contributed by atoms with Gasteiger partial charge in [-0.25, -0.2) is 14.8 Å². The molecule has 1 fully saturated rings. The van der Waals surface area contributed by atoms with Crippen LogP contribution in [0.2, 0.25) is 0 Å². The van der Waals surface area contributed by atoms with Gasteiger partial charge in [-0.2, -0.15) is 18.2 Å². The molecule has 35 heavy (non-hydrogen) atoms. The molecule has 0 aliphatic carbocycles. The third kappa shape index (κ3) is 5.08. The van der Waals surface area contributed by atoms with Gasteiger partial charge in [0.1, 0.15) is 5.82 Å². The van der Waals surface area contributed by atoms with Crippen molar-refractivity contribution in [2.45, 2.75) is 46.0 Å². The van der Waals surface area contributed by atoms with Crippen molar-refractivity contribution in [3.63, 3.8) is 0 Å². The first-order valence-electron chi connectivity index (χ1n) is 13.0. The summed E-state index contributed by atoms with van der Waals surface area (Å²) in [5, 5.41) is 3.07. The first kappa shape index (κ1) is 19.7. The molecule has 2 amide bonds. The summed E-state index contributed by atoms with van der Waals surface area (Å²) in [7, 11) is 0. The van der Waals surface area contributed by atoms with Crippen molar-refractivity contribution in [1.29, 1.82) is 0 Å². The molecule has 2 aromatic heterocycles. The van der Waals surface area contributed by atoms with E-state index in [1.165, 1.54) is 30.7 Å². The number of hydrogen-bond donors (Lipinski definition) is 1. The lowest BCUT2D eigenvalue weighted by Crippen LogP contribution is -2.38. The van der Waals surface area contributed by atoms with Gasteiger partial charge >= 0.3 is 12.2 Å². The summed E-state index contributed by atoms with van der Waals surface area (Å²) in [6.07, 6.45) is 0.100. The number of urea groups is 1. The maximum atomic E-state index is 13.3. The number of halogens is 3. The second-order valence-corrected chi connectivity index (χ2v) is 8.38. The van der Waals surface area contributed by atoms with Crippen LogP contribution in [0.5, 0.6) is 0 Å². The summed E-state index contributed by atoms with van der Waals surface area (Å²) in [5.41, 5.74) is 0.290. The summed E-state index contributed by atoms with van der Waals surface area (Å²) in [4.78, 5) is 27.9. The molecule has 1 aliphatic rings. The molecular weight excluding hydrogens is 459 g/mol. The molecule has 0 radical (unpaired) electrons. The van der Waals surface area contributed by atoms with E-state index < -0.39 is 42.8 Å². The Balaban J connectivity index is 1.56. The van der Waals surface area contributed by atoms with E-state index in [0.29, 0.717) is 16.3 Å². The third-order valence-electron chi connectivity index (χ3n) is 5.56. The van der Waals surface area contributed by atoms with Gasteiger partial charge in [-0.15, -0.1) is 0 Å². The van der Waals surface area contributed by atoms with Crippen LogP contribution in [-0.4, -0.2) is 49.5 Å². The minimum Gasteiger partial charge on any atom is -0.346 e. The summed E-state index contributed by atoms with van der Waals surface area (Å²) in [6.45, 7) is 1.83. The number of benzene rings is 1. The molecular formula is C24H28F3N7O. The normalized spacial score (nSPS) is 20.9. The van der Waals surface area contributed by atoms with E-state index in [2.05, 4.69) is 20.3 Å². The summed E-state index contributed by atoms with van der Waals surface area (Å²) >= 11 is 0. The predicted molar refractivity (Wildman–Crippen MR) is 126 cm³/mol. The zero-order valence-corrected chi connectivity index (χ0v) is 19.6. The Kier molecular flexibility index (Phi) is 5.36. The fraction of sp³-hybridized carbons (Fsp3) is 0.417.